The van der Waals surface area contributed by atoms with E-state index in [9.17, 15) is 4.79 Å². The molecule has 1 saturated heterocycles. The quantitative estimate of drug-likeness (QED) is 0.370. The Morgan fingerprint density at radius 1 is 1.00 bits per heavy atom. The number of aromatic amines is 1. The first-order chi connectivity index (χ1) is 18.6. The van der Waals surface area contributed by atoms with Gasteiger partial charge in [-0.05, 0) is 76.5 Å². The summed E-state index contributed by atoms with van der Waals surface area (Å²) in [4.78, 5) is 21.5. The maximum Gasteiger partial charge on any atom is 0.253 e. The van der Waals surface area contributed by atoms with Gasteiger partial charge in [-0.1, -0.05) is 49.6 Å². The number of pyridine rings is 1. The van der Waals surface area contributed by atoms with Crippen LogP contribution >= 0.6 is 11.6 Å². The van der Waals surface area contributed by atoms with Crippen molar-refractivity contribution in [1.29, 1.82) is 0 Å². The third-order valence-electron chi connectivity index (χ3n) is 8.17. The fourth-order valence-corrected chi connectivity index (χ4v) is 6.14. The Labute approximate surface area is 227 Å². The minimum absolute atomic E-state index is 0.0729. The van der Waals surface area contributed by atoms with E-state index in [1.807, 2.05) is 22.9 Å². The van der Waals surface area contributed by atoms with Gasteiger partial charge in [0.15, 0.2) is 5.82 Å². The molecule has 9 heteroatoms. The number of fused-ring (bicyclic) bond motifs is 1. The molecular formula is C29H34ClN7O. The molecular weight excluding hydrogens is 498 g/mol. The highest BCUT2D eigenvalue weighted by Crippen LogP contribution is 2.34. The van der Waals surface area contributed by atoms with E-state index in [0.29, 0.717) is 11.6 Å². The number of nitrogens with one attached hydrogen (secondary N) is 1. The molecule has 0 amide bonds. The molecule has 3 heterocycles. The number of rotatable bonds is 7. The zero-order valence-electron chi connectivity index (χ0n) is 21.8. The molecule has 0 spiro atoms. The third kappa shape index (κ3) is 5.13. The van der Waals surface area contributed by atoms with E-state index in [1.165, 1.54) is 24.0 Å². The summed E-state index contributed by atoms with van der Waals surface area (Å²) in [7, 11) is 0. The van der Waals surface area contributed by atoms with E-state index < -0.39 is 0 Å². The summed E-state index contributed by atoms with van der Waals surface area (Å²) in [5.74, 6) is 0.777. The summed E-state index contributed by atoms with van der Waals surface area (Å²) in [6.07, 6.45) is 5.48. The van der Waals surface area contributed by atoms with Gasteiger partial charge in [0.05, 0.1) is 6.04 Å². The highest BCUT2D eigenvalue weighted by molar-refractivity contribution is 6.30. The van der Waals surface area contributed by atoms with Crippen LogP contribution in [0.4, 0.5) is 0 Å². The van der Waals surface area contributed by atoms with E-state index in [-0.39, 0.29) is 11.6 Å². The van der Waals surface area contributed by atoms with Crippen LogP contribution in [-0.4, -0.2) is 61.2 Å². The zero-order chi connectivity index (χ0) is 26.1. The van der Waals surface area contributed by atoms with E-state index in [1.54, 1.807) is 0 Å². The van der Waals surface area contributed by atoms with Crippen LogP contribution in [0.5, 0.6) is 0 Å². The topological polar surface area (TPSA) is 82.9 Å². The van der Waals surface area contributed by atoms with Crippen molar-refractivity contribution in [3.8, 4) is 0 Å². The molecule has 2 fully saturated rings. The second kappa shape index (κ2) is 11.0. The lowest BCUT2D eigenvalue weighted by molar-refractivity contribution is 0.0989. The molecule has 38 heavy (non-hydrogen) atoms. The normalized spacial score (nSPS) is 18.4. The lowest BCUT2D eigenvalue weighted by atomic mass is 10.0. The molecule has 1 aliphatic heterocycles. The van der Waals surface area contributed by atoms with Crippen molar-refractivity contribution in [1.82, 2.24) is 35.0 Å². The van der Waals surface area contributed by atoms with Gasteiger partial charge in [0.2, 0.25) is 0 Å². The fraction of sp³-hybridized carbons (Fsp3) is 0.448. The minimum Gasteiger partial charge on any atom is -0.322 e. The second-order valence-corrected chi connectivity index (χ2v) is 11.0. The number of tetrazole rings is 1. The van der Waals surface area contributed by atoms with Gasteiger partial charge in [-0.15, -0.1) is 5.10 Å². The van der Waals surface area contributed by atoms with Gasteiger partial charge < -0.3 is 4.98 Å². The summed E-state index contributed by atoms with van der Waals surface area (Å²) >= 11 is 6.07. The number of H-pyrrole nitrogens is 1. The first-order valence-electron chi connectivity index (χ1n) is 13.7. The summed E-state index contributed by atoms with van der Waals surface area (Å²) in [5.41, 5.74) is 4.00. The van der Waals surface area contributed by atoms with Crippen molar-refractivity contribution in [3.63, 3.8) is 0 Å². The number of nitrogens with zero attached hydrogens (tertiary/aromatic N) is 6. The van der Waals surface area contributed by atoms with Gasteiger partial charge in [0.1, 0.15) is 6.04 Å². The Kier molecular flexibility index (Phi) is 7.28. The smallest absolute Gasteiger partial charge is 0.253 e. The van der Waals surface area contributed by atoms with Crippen LogP contribution in [0.15, 0.2) is 53.3 Å². The Morgan fingerprint density at radius 3 is 2.47 bits per heavy atom. The van der Waals surface area contributed by atoms with Gasteiger partial charge in [-0.2, -0.15) is 0 Å². The van der Waals surface area contributed by atoms with Crippen LogP contribution in [0.3, 0.4) is 0 Å². The predicted molar refractivity (Wildman–Crippen MR) is 149 cm³/mol. The maximum atomic E-state index is 13.6. The molecule has 1 saturated carbocycles. The summed E-state index contributed by atoms with van der Waals surface area (Å²) in [5, 5.41) is 14.9. The van der Waals surface area contributed by atoms with Crippen molar-refractivity contribution in [2.75, 3.05) is 26.2 Å². The summed E-state index contributed by atoms with van der Waals surface area (Å²) < 4.78 is 2.00. The molecule has 2 aromatic heterocycles. The standard InChI is InChI=1S/C29H34ClN7O/c1-2-20-9-12-26-22(17-20)18-25(29(38)31-26)27(28-32-33-34-37(28)24-5-3-4-6-24)36-15-13-35(14-16-36)19-21-7-10-23(30)11-8-21/h7-12,17-18,24,27H,2-6,13-16,19H2,1H3,(H,31,38)/t27-/m1/s1. The minimum atomic E-state index is -0.304. The molecule has 1 N–H and O–H groups in total. The number of benzene rings is 2. The average molecular weight is 532 g/mol. The average Bonchev–Trinajstić information content (AvgIpc) is 3.64. The number of aryl methyl sites for hydroxylation is 1. The molecule has 198 valence electrons. The highest BCUT2D eigenvalue weighted by Gasteiger charge is 2.34. The van der Waals surface area contributed by atoms with E-state index in [4.69, 9.17) is 11.6 Å². The molecule has 2 aromatic carbocycles. The Morgan fingerprint density at radius 2 is 1.74 bits per heavy atom. The molecule has 8 nitrogen and oxygen atoms in total. The van der Waals surface area contributed by atoms with Gasteiger partial charge in [0.25, 0.3) is 5.56 Å². The van der Waals surface area contributed by atoms with Crippen molar-refractivity contribution in [3.05, 3.63) is 86.4 Å². The zero-order valence-corrected chi connectivity index (χ0v) is 22.6. The van der Waals surface area contributed by atoms with Gasteiger partial charge >= 0.3 is 0 Å². The first kappa shape index (κ1) is 25.2. The molecule has 0 radical (unpaired) electrons. The first-order valence-corrected chi connectivity index (χ1v) is 14.1. The van der Waals surface area contributed by atoms with Crippen molar-refractivity contribution >= 4 is 22.5 Å². The Bertz CT molecular complexity index is 1450. The molecule has 2 aliphatic rings. The van der Waals surface area contributed by atoms with Crippen molar-refractivity contribution in [2.45, 2.75) is 57.7 Å². The van der Waals surface area contributed by atoms with Crippen LogP contribution in [0.25, 0.3) is 10.9 Å². The monoisotopic (exact) mass is 531 g/mol. The van der Waals surface area contributed by atoms with E-state index >= 15 is 0 Å². The summed E-state index contributed by atoms with van der Waals surface area (Å²) in [6, 6.07) is 16.4. The predicted octanol–water partition coefficient (Wildman–Crippen LogP) is 4.75. The largest absolute Gasteiger partial charge is 0.322 e. The van der Waals surface area contributed by atoms with Crippen LogP contribution in [0, 0.1) is 0 Å². The van der Waals surface area contributed by atoms with Gasteiger partial charge in [0, 0.05) is 48.8 Å². The van der Waals surface area contributed by atoms with Crippen LogP contribution in [-0.2, 0) is 13.0 Å². The second-order valence-electron chi connectivity index (χ2n) is 10.6. The number of hydrogen-bond donors (Lipinski definition) is 1. The van der Waals surface area contributed by atoms with E-state index in [0.717, 1.165) is 73.7 Å². The number of hydrogen-bond acceptors (Lipinski definition) is 6. The number of halogens is 1. The fourth-order valence-electron chi connectivity index (χ4n) is 6.01. The number of piperazine rings is 1. The van der Waals surface area contributed by atoms with Gasteiger partial charge in [-0.25, -0.2) is 4.68 Å². The molecule has 6 rings (SSSR count). The lowest BCUT2D eigenvalue weighted by Gasteiger charge is -2.39. The van der Waals surface area contributed by atoms with Crippen molar-refractivity contribution < 1.29 is 0 Å². The highest BCUT2D eigenvalue weighted by atomic mass is 35.5. The third-order valence-corrected chi connectivity index (χ3v) is 8.42. The summed E-state index contributed by atoms with van der Waals surface area (Å²) in [6.45, 7) is 6.47. The molecule has 1 aliphatic carbocycles. The lowest BCUT2D eigenvalue weighted by Crippen LogP contribution is -2.48. The molecule has 4 aromatic rings. The maximum absolute atomic E-state index is 13.6. The van der Waals surface area contributed by atoms with Gasteiger partial charge in [-0.3, -0.25) is 14.6 Å². The molecule has 0 bridgehead atoms. The Hall–Kier alpha value is -3.07. The number of aromatic nitrogens is 5. The van der Waals surface area contributed by atoms with Crippen LogP contribution in [0.2, 0.25) is 5.02 Å². The molecule has 0 unspecified atom stereocenters. The van der Waals surface area contributed by atoms with E-state index in [2.05, 4.69) is 67.6 Å². The van der Waals surface area contributed by atoms with Crippen LogP contribution in [0.1, 0.15) is 67.2 Å². The Balaban J connectivity index is 1.34. The SMILES string of the molecule is CCc1ccc2[nH]c(=O)c([C@H](c3nnnn3C3CCCC3)N3CCN(Cc4ccc(Cl)cc4)CC3)cc2c1. The molecule has 1 atom stereocenters. The van der Waals surface area contributed by atoms with Crippen molar-refractivity contribution in [2.24, 2.45) is 0 Å². The van der Waals surface area contributed by atoms with Crippen LogP contribution < -0.4 is 5.56 Å².